The van der Waals surface area contributed by atoms with Crippen molar-refractivity contribution >= 4 is 50.3 Å². The Morgan fingerprint density at radius 3 is 2.50 bits per heavy atom. The van der Waals surface area contributed by atoms with Crippen molar-refractivity contribution in [3.63, 3.8) is 0 Å². The molecular formula is C19H19BrClFN4O2. The van der Waals surface area contributed by atoms with Gasteiger partial charge >= 0.3 is 6.09 Å². The van der Waals surface area contributed by atoms with Gasteiger partial charge in [-0.15, -0.1) is 0 Å². The summed E-state index contributed by atoms with van der Waals surface area (Å²) in [4.78, 5) is 24.8. The molecule has 0 radical (unpaired) electrons. The Labute approximate surface area is 175 Å². The highest BCUT2D eigenvalue weighted by atomic mass is 79.9. The van der Waals surface area contributed by atoms with E-state index in [2.05, 4.69) is 25.9 Å². The molecule has 2 atom stereocenters. The van der Waals surface area contributed by atoms with Crippen LogP contribution >= 0.6 is 27.5 Å². The maximum atomic E-state index is 14.5. The van der Waals surface area contributed by atoms with Gasteiger partial charge in [0.2, 0.25) is 5.28 Å². The van der Waals surface area contributed by atoms with Crippen LogP contribution in [0, 0.1) is 5.82 Å². The van der Waals surface area contributed by atoms with Crippen LogP contribution in [0.3, 0.4) is 0 Å². The number of carbonyl (C=O) groups is 1. The zero-order valence-corrected chi connectivity index (χ0v) is 18.0. The molecule has 2 aromatic rings. The van der Waals surface area contributed by atoms with E-state index in [0.717, 1.165) is 0 Å². The van der Waals surface area contributed by atoms with Gasteiger partial charge in [-0.25, -0.2) is 14.2 Å². The summed E-state index contributed by atoms with van der Waals surface area (Å²) in [6.07, 6.45) is 3.65. The van der Waals surface area contributed by atoms with Gasteiger partial charge in [-0.05, 0) is 60.4 Å². The average Bonchev–Trinajstić information content (AvgIpc) is 2.87. The molecule has 28 heavy (non-hydrogen) atoms. The molecule has 0 aliphatic carbocycles. The molecule has 1 aromatic carbocycles. The van der Waals surface area contributed by atoms with Crippen LogP contribution in [0.25, 0.3) is 10.9 Å². The number of anilines is 1. The van der Waals surface area contributed by atoms with Crippen LogP contribution < -0.4 is 4.90 Å². The van der Waals surface area contributed by atoms with Crippen molar-refractivity contribution in [2.45, 2.75) is 38.5 Å². The van der Waals surface area contributed by atoms with Crippen molar-refractivity contribution in [2.24, 2.45) is 0 Å². The number of fused-ring (bicyclic) bond motifs is 3. The highest BCUT2D eigenvalue weighted by molar-refractivity contribution is 9.10. The van der Waals surface area contributed by atoms with Crippen molar-refractivity contribution in [1.82, 2.24) is 14.9 Å². The number of hydrogen-bond acceptors (Lipinski definition) is 5. The standard InChI is InChI=1S/C19H19BrClFN4O2/c1-19(2,3)28-18(27)26-10-4-5-11(26)9-25(8-10)16-12-6-7-13(20)14(22)15(12)23-17(21)24-16/h4-7,10-11H,8-9H2,1-3H3. The Hall–Kier alpha value is -1.93. The molecule has 2 aliphatic rings. The number of piperazine rings is 1. The lowest BCUT2D eigenvalue weighted by Crippen LogP contribution is -2.57. The molecular weight excluding hydrogens is 451 g/mol. The van der Waals surface area contributed by atoms with E-state index < -0.39 is 11.4 Å². The second-order valence-corrected chi connectivity index (χ2v) is 9.08. The van der Waals surface area contributed by atoms with Crippen molar-refractivity contribution < 1.29 is 13.9 Å². The number of benzene rings is 1. The summed E-state index contributed by atoms with van der Waals surface area (Å²) in [5.74, 6) is 0.0838. The van der Waals surface area contributed by atoms with Crippen molar-refractivity contribution in [2.75, 3.05) is 18.0 Å². The van der Waals surface area contributed by atoms with Crippen LogP contribution in [0.2, 0.25) is 5.28 Å². The minimum absolute atomic E-state index is 0.0191. The lowest BCUT2D eigenvalue weighted by Gasteiger charge is -2.42. The first-order chi connectivity index (χ1) is 13.1. The van der Waals surface area contributed by atoms with E-state index >= 15 is 0 Å². The second-order valence-electron chi connectivity index (χ2n) is 7.89. The largest absolute Gasteiger partial charge is 0.444 e. The summed E-state index contributed by atoms with van der Waals surface area (Å²) in [7, 11) is 0. The van der Waals surface area contributed by atoms with E-state index in [1.54, 1.807) is 17.0 Å². The van der Waals surface area contributed by atoms with Gasteiger partial charge in [0.1, 0.15) is 16.9 Å². The summed E-state index contributed by atoms with van der Waals surface area (Å²) in [6.45, 7) is 6.55. The molecule has 2 aliphatic heterocycles. The van der Waals surface area contributed by atoms with Gasteiger partial charge in [0.15, 0.2) is 5.82 Å². The number of hydrogen-bond donors (Lipinski definition) is 0. The second kappa shape index (κ2) is 6.84. The molecule has 1 saturated heterocycles. The molecule has 1 amide bonds. The molecule has 2 unspecified atom stereocenters. The topological polar surface area (TPSA) is 58.6 Å². The third-order valence-electron chi connectivity index (χ3n) is 4.70. The fraction of sp³-hybridized carbons (Fsp3) is 0.421. The normalized spacial score (nSPS) is 21.5. The fourth-order valence-corrected chi connectivity index (χ4v) is 4.09. The van der Waals surface area contributed by atoms with Crippen LogP contribution in [0.4, 0.5) is 15.0 Å². The molecule has 9 heteroatoms. The highest BCUT2D eigenvalue weighted by Gasteiger charge is 2.42. The Morgan fingerprint density at radius 2 is 1.89 bits per heavy atom. The summed E-state index contributed by atoms with van der Waals surface area (Å²) >= 11 is 9.25. The van der Waals surface area contributed by atoms with E-state index in [0.29, 0.717) is 28.8 Å². The minimum Gasteiger partial charge on any atom is -0.444 e. The predicted octanol–water partition coefficient (Wildman–Crippen LogP) is 4.55. The maximum Gasteiger partial charge on any atom is 0.411 e. The third kappa shape index (κ3) is 3.43. The molecule has 1 aromatic heterocycles. The van der Waals surface area contributed by atoms with Crippen LogP contribution in [-0.4, -0.2) is 51.7 Å². The molecule has 6 nitrogen and oxygen atoms in total. The minimum atomic E-state index is -0.561. The van der Waals surface area contributed by atoms with Gasteiger partial charge in [-0.2, -0.15) is 4.98 Å². The van der Waals surface area contributed by atoms with Crippen LogP contribution in [0.1, 0.15) is 20.8 Å². The highest BCUT2D eigenvalue weighted by Crippen LogP contribution is 2.34. The number of rotatable bonds is 1. The zero-order valence-electron chi connectivity index (χ0n) is 15.6. The van der Waals surface area contributed by atoms with Crippen molar-refractivity contribution in [3.8, 4) is 0 Å². The zero-order chi connectivity index (χ0) is 20.2. The van der Waals surface area contributed by atoms with Gasteiger partial charge in [0.25, 0.3) is 0 Å². The third-order valence-corrected chi connectivity index (χ3v) is 5.48. The summed E-state index contributed by atoms with van der Waals surface area (Å²) < 4.78 is 20.4. The first-order valence-corrected chi connectivity index (χ1v) is 10.1. The summed E-state index contributed by atoms with van der Waals surface area (Å²) in [6, 6.07) is 3.08. The summed E-state index contributed by atoms with van der Waals surface area (Å²) in [5.41, 5.74) is -0.395. The van der Waals surface area contributed by atoms with Crippen LogP contribution in [-0.2, 0) is 4.74 Å². The number of halogens is 3. The van der Waals surface area contributed by atoms with Gasteiger partial charge in [-0.3, -0.25) is 4.90 Å². The van der Waals surface area contributed by atoms with Crippen LogP contribution in [0.15, 0.2) is 28.8 Å². The lowest BCUT2D eigenvalue weighted by molar-refractivity contribution is 0.0146. The number of ether oxygens (including phenoxy) is 1. The quantitative estimate of drug-likeness (QED) is 0.453. The maximum absolute atomic E-state index is 14.5. The molecule has 0 saturated carbocycles. The molecule has 0 spiro atoms. The SMILES string of the molecule is CC(C)(C)OC(=O)N1C2C=CC1CN(c1nc(Cl)nc3c(F)c(Br)ccc13)C2. The lowest BCUT2D eigenvalue weighted by atomic mass is 10.1. The predicted molar refractivity (Wildman–Crippen MR) is 109 cm³/mol. The van der Waals surface area contributed by atoms with Gasteiger partial charge < -0.3 is 9.64 Å². The monoisotopic (exact) mass is 468 g/mol. The number of amides is 1. The summed E-state index contributed by atoms with van der Waals surface area (Å²) in [5, 5.41) is 0.560. The van der Waals surface area contributed by atoms with E-state index in [1.165, 1.54) is 0 Å². The smallest absolute Gasteiger partial charge is 0.411 e. The van der Waals surface area contributed by atoms with Gasteiger partial charge in [-0.1, -0.05) is 12.2 Å². The van der Waals surface area contributed by atoms with Crippen molar-refractivity contribution in [1.29, 1.82) is 0 Å². The number of nitrogens with zero attached hydrogens (tertiary/aromatic N) is 4. The Morgan fingerprint density at radius 1 is 1.25 bits per heavy atom. The Balaban J connectivity index is 1.66. The molecule has 148 valence electrons. The van der Waals surface area contributed by atoms with Gasteiger partial charge in [0.05, 0.1) is 16.6 Å². The first-order valence-electron chi connectivity index (χ1n) is 8.90. The Kier molecular flexibility index (Phi) is 4.74. The number of carbonyl (C=O) groups excluding carboxylic acids is 1. The van der Waals surface area contributed by atoms with E-state index in [1.807, 2.05) is 37.8 Å². The first kappa shape index (κ1) is 19.4. The molecule has 2 bridgehead atoms. The molecule has 1 fully saturated rings. The molecule has 0 N–H and O–H groups in total. The van der Waals surface area contributed by atoms with E-state index in [4.69, 9.17) is 16.3 Å². The van der Waals surface area contributed by atoms with Crippen LogP contribution in [0.5, 0.6) is 0 Å². The Bertz CT molecular complexity index is 978. The van der Waals surface area contributed by atoms with Crippen molar-refractivity contribution in [3.05, 3.63) is 39.9 Å². The molecule has 3 heterocycles. The van der Waals surface area contributed by atoms with Gasteiger partial charge in [0, 0.05) is 18.5 Å². The number of aromatic nitrogens is 2. The van der Waals surface area contributed by atoms with E-state index in [9.17, 15) is 9.18 Å². The van der Waals surface area contributed by atoms with E-state index in [-0.39, 0.29) is 29.0 Å². The fourth-order valence-electron chi connectivity index (χ4n) is 3.61. The average molecular weight is 470 g/mol. The molecule has 4 rings (SSSR count).